The maximum Gasteiger partial charge on any atom is 0.159 e. The molecule has 1 nitrogen and oxygen atoms in total. The normalized spacial score (nSPS) is 12.6. The highest BCUT2D eigenvalue weighted by atomic mass is 79.9. The van der Waals surface area contributed by atoms with Crippen molar-refractivity contribution in [1.29, 1.82) is 0 Å². The van der Waals surface area contributed by atoms with Crippen molar-refractivity contribution >= 4 is 26.7 Å². The molecule has 0 aromatic heterocycles. The zero-order valence-corrected chi connectivity index (χ0v) is 12.4. The average molecular weight is 349 g/mol. The van der Waals surface area contributed by atoms with E-state index in [0.717, 1.165) is 27.4 Å². The summed E-state index contributed by atoms with van der Waals surface area (Å²) >= 11 is 3.40. The van der Waals surface area contributed by atoms with Crippen molar-refractivity contribution in [2.45, 2.75) is 6.10 Å². The summed E-state index contributed by atoms with van der Waals surface area (Å²) in [5.74, 6) is -1.88. The van der Waals surface area contributed by atoms with Crippen LogP contribution in [0.2, 0.25) is 0 Å². The fraction of sp³-hybridized carbons (Fsp3) is 0.0588. The summed E-state index contributed by atoms with van der Waals surface area (Å²) in [5.41, 5.74) is 0.959. The van der Waals surface area contributed by atoms with Gasteiger partial charge in [-0.05, 0) is 52.2 Å². The summed E-state index contributed by atoms with van der Waals surface area (Å²) in [7, 11) is 0. The second-order valence-electron chi connectivity index (χ2n) is 4.83. The molecule has 0 aliphatic carbocycles. The number of fused-ring (bicyclic) bond motifs is 1. The Morgan fingerprint density at radius 2 is 1.38 bits per heavy atom. The lowest BCUT2D eigenvalue weighted by Crippen LogP contribution is -2.01. The molecule has 0 radical (unpaired) electrons. The van der Waals surface area contributed by atoms with Crippen molar-refractivity contribution in [2.24, 2.45) is 0 Å². The molecule has 1 unspecified atom stereocenters. The molecule has 1 N–H and O–H groups in total. The van der Waals surface area contributed by atoms with Gasteiger partial charge in [-0.15, -0.1) is 0 Å². The predicted octanol–water partition coefficient (Wildman–Crippen LogP) is 4.96. The fourth-order valence-electron chi connectivity index (χ4n) is 2.28. The highest BCUT2D eigenvalue weighted by Gasteiger charge is 2.13. The van der Waals surface area contributed by atoms with E-state index in [1.807, 2.05) is 30.3 Å². The summed E-state index contributed by atoms with van der Waals surface area (Å²) in [6.45, 7) is 0. The molecule has 21 heavy (non-hydrogen) atoms. The molecule has 0 saturated heterocycles. The van der Waals surface area contributed by atoms with Crippen LogP contribution in [0, 0.1) is 11.6 Å². The topological polar surface area (TPSA) is 20.2 Å². The van der Waals surface area contributed by atoms with E-state index in [2.05, 4.69) is 15.9 Å². The van der Waals surface area contributed by atoms with E-state index in [0.29, 0.717) is 11.1 Å². The van der Waals surface area contributed by atoms with Crippen LogP contribution in [0.4, 0.5) is 8.78 Å². The summed E-state index contributed by atoms with van der Waals surface area (Å²) in [6.07, 6.45) is -0.992. The first-order valence-electron chi connectivity index (χ1n) is 6.37. The zero-order chi connectivity index (χ0) is 15.0. The molecule has 3 aromatic rings. The lowest BCUT2D eigenvalue weighted by Gasteiger charge is -2.13. The molecule has 1 atom stereocenters. The SMILES string of the molecule is OC(c1ccc(F)c(F)c1)c1ccc2cc(Br)ccc2c1. The van der Waals surface area contributed by atoms with E-state index >= 15 is 0 Å². The Hall–Kier alpha value is -1.78. The van der Waals surface area contributed by atoms with Gasteiger partial charge in [-0.25, -0.2) is 8.78 Å². The maximum atomic E-state index is 13.3. The molecule has 0 spiro atoms. The van der Waals surface area contributed by atoms with Crippen LogP contribution < -0.4 is 0 Å². The van der Waals surface area contributed by atoms with Gasteiger partial charge in [0, 0.05) is 4.47 Å². The van der Waals surface area contributed by atoms with Gasteiger partial charge in [0.05, 0.1) is 0 Å². The number of hydrogen-bond acceptors (Lipinski definition) is 1. The van der Waals surface area contributed by atoms with Gasteiger partial charge in [0.2, 0.25) is 0 Å². The van der Waals surface area contributed by atoms with E-state index in [1.165, 1.54) is 6.07 Å². The molecule has 0 aliphatic rings. The summed E-state index contributed by atoms with van der Waals surface area (Å²) in [4.78, 5) is 0. The summed E-state index contributed by atoms with van der Waals surface area (Å²) in [5, 5.41) is 12.3. The quantitative estimate of drug-likeness (QED) is 0.693. The number of aliphatic hydroxyl groups excluding tert-OH is 1. The molecular weight excluding hydrogens is 338 g/mol. The smallest absolute Gasteiger partial charge is 0.159 e. The highest BCUT2D eigenvalue weighted by molar-refractivity contribution is 9.10. The molecule has 0 bridgehead atoms. The maximum absolute atomic E-state index is 13.3. The third kappa shape index (κ3) is 2.82. The molecule has 0 saturated carbocycles. The minimum absolute atomic E-state index is 0.324. The van der Waals surface area contributed by atoms with Gasteiger partial charge < -0.3 is 5.11 Å². The Bertz CT molecular complexity index is 817. The lowest BCUT2D eigenvalue weighted by molar-refractivity contribution is 0.219. The van der Waals surface area contributed by atoms with Crippen molar-refractivity contribution in [3.05, 3.63) is 81.8 Å². The summed E-state index contributed by atoms with van der Waals surface area (Å²) < 4.78 is 27.2. The Balaban J connectivity index is 2.02. The van der Waals surface area contributed by atoms with E-state index in [-0.39, 0.29) is 0 Å². The van der Waals surface area contributed by atoms with Crippen LogP contribution in [-0.2, 0) is 0 Å². The van der Waals surface area contributed by atoms with Gasteiger partial charge in [0.1, 0.15) is 6.10 Å². The third-order valence-corrected chi connectivity index (χ3v) is 3.89. The fourth-order valence-corrected chi connectivity index (χ4v) is 2.66. The number of aliphatic hydroxyl groups is 1. The van der Waals surface area contributed by atoms with E-state index in [9.17, 15) is 13.9 Å². The minimum Gasteiger partial charge on any atom is -0.384 e. The van der Waals surface area contributed by atoms with Gasteiger partial charge in [0.25, 0.3) is 0 Å². The van der Waals surface area contributed by atoms with Gasteiger partial charge in [-0.1, -0.05) is 40.2 Å². The lowest BCUT2D eigenvalue weighted by atomic mass is 9.98. The van der Waals surface area contributed by atoms with Crippen molar-refractivity contribution in [1.82, 2.24) is 0 Å². The monoisotopic (exact) mass is 348 g/mol. The Kier molecular flexibility index (Phi) is 3.74. The molecule has 4 heteroatoms. The number of hydrogen-bond donors (Lipinski definition) is 1. The van der Waals surface area contributed by atoms with E-state index < -0.39 is 17.7 Å². The standard InChI is InChI=1S/C17H11BrF2O/c18-14-5-3-10-7-12(2-1-11(10)8-14)17(21)13-4-6-15(19)16(20)9-13/h1-9,17,21H. The molecule has 0 amide bonds. The molecule has 0 heterocycles. The Labute approximate surface area is 129 Å². The molecule has 3 rings (SSSR count). The van der Waals surface area contributed by atoms with Crippen LogP contribution >= 0.6 is 15.9 Å². The van der Waals surface area contributed by atoms with Crippen LogP contribution in [0.25, 0.3) is 10.8 Å². The molecule has 0 fully saturated rings. The van der Waals surface area contributed by atoms with Gasteiger partial charge in [-0.2, -0.15) is 0 Å². The first kappa shape index (κ1) is 14.2. The Morgan fingerprint density at radius 3 is 2.14 bits per heavy atom. The number of benzene rings is 3. The first-order valence-corrected chi connectivity index (χ1v) is 7.16. The highest BCUT2D eigenvalue weighted by Crippen LogP contribution is 2.27. The number of halogens is 3. The third-order valence-electron chi connectivity index (χ3n) is 3.40. The van der Waals surface area contributed by atoms with Gasteiger partial charge in [-0.3, -0.25) is 0 Å². The minimum atomic E-state index is -0.992. The van der Waals surface area contributed by atoms with Crippen LogP contribution in [0.3, 0.4) is 0 Å². The molecule has 3 aromatic carbocycles. The second-order valence-corrected chi connectivity index (χ2v) is 5.74. The molecule has 0 aliphatic heterocycles. The molecule has 106 valence electrons. The summed E-state index contributed by atoms with van der Waals surface area (Å²) in [6, 6.07) is 14.7. The van der Waals surface area contributed by atoms with Crippen LogP contribution in [0.15, 0.2) is 59.1 Å². The second kappa shape index (κ2) is 5.54. The van der Waals surface area contributed by atoms with Crippen molar-refractivity contribution in [3.63, 3.8) is 0 Å². The van der Waals surface area contributed by atoms with Crippen LogP contribution in [0.1, 0.15) is 17.2 Å². The van der Waals surface area contributed by atoms with E-state index in [4.69, 9.17) is 0 Å². The zero-order valence-electron chi connectivity index (χ0n) is 10.9. The predicted molar refractivity (Wildman–Crippen MR) is 82.1 cm³/mol. The van der Waals surface area contributed by atoms with Crippen molar-refractivity contribution in [3.8, 4) is 0 Å². The van der Waals surface area contributed by atoms with Crippen molar-refractivity contribution in [2.75, 3.05) is 0 Å². The van der Waals surface area contributed by atoms with E-state index in [1.54, 1.807) is 6.07 Å². The molecular formula is C17H11BrF2O. The first-order chi connectivity index (χ1) is 10.0. The van der Waals surface area contributed by atoms with Gasteiger partial charge >= 0.3 is 0 Å². The largest absolute Gasteiger partial charge is 0.384 e. The van der Waals surface area contributed by atoms with Crippen LogP contribution in [-0.4, -0.2) is 5.11 Å². The average Bonchev–Trinajstić information content (AvgIpc) is 2.49. The van der Waals surface area contributed by atoms with Crippen LogP contribution in [0.5, 0.6) is 0 Å². The van der Waals surface area contributed by atoms with Gasteiger partial charge in [0.15, 0.2) is 11.6 Å². The Morgan fingerprint density at radius 1 is 0.762 bits per heavy atom. The van der Waals surface area contributed by atoms with Crippen molar-refractivity contribution < 1.29 is 13.9 Å². The number of rotatable bonds is 2.